The van der Waals surface area contributed by atoms with Crippen molar-refractivity contribution in [2.24, 2.45) is 0 Å². The van der Waals surface area contributed by atoms with E-state index in [1.54, 1.807) is 12.3 Å². The van der Waals surface area contributed by atoms with Crippen molar-refractivity contribution in [3.05, 3.63) is 41.1 Å². The first kappa shape index (κ1) is 14.0. The Hall–Kier alpha value is -1.39. The number of benzene rings is 1. The highest BCUT2D eigenvalue weighted by molar-refractivity contribution is 6.30. The van der Waals surface area contributed by atoms with Crippen LogP contribution in [-0.2, 0) is 6.42 Å². The second-order valence-corrected chi connectivity index (χ2v) is 4.61. The van der Waals surface area contributed by atoms with Crippen molar-refractivity contribution in [2.75, 3.05) is 13.1 Å². The van der Waals surface area contributed by atoms with Gasteiger partial charge in [-0.2, -0.15) is 0 Å². The van der Waals surface area contributed by atoms with E-state index in [-0.39, 0.29) is 5.02 Å². The van der Waals surface area contributed by atoms with E-state index >= 15 is 0 Å². The van der Waals surface area contributed by atoms with Crippen molar-refractivity contribution >= 4 is 11.6 Å². The zero-order valence-electron chi connectivity index (χ0n) is 10.7. The first-order valence-electron chi connectivity index (χ1n) is 6.31. The van der Waals surface area contributed by atoms with E-state index in [0.29, 0.717) is 17.2 Å². The van der Waals surface area contributed by atoms with E-state index in [1.807, 2.05) is 0 Å². The zero-order valence-corrected chi connectivity index (χ0v) is 11.5. The molecule has 2 aromatic rings. The van der Waals surface area contributed by atoms with E-state index in [0.717, 1.165) is 25.9 Å². The number of nitrogens with one attached hydrogen (secondary N) is 1. The summed E-state index contributed by atoms with van der Waals surface area (Å²) in [5.74, 6) is 0.779. The highest BCUT2D eigenvalue weighted by atomic mass is 35.5. The SMILES string of the molecule is CCNCCCc1ncc(-c2ccc(Cl)c(F)c2)o1. The van der Waals surface area contributed by atoms with Crippen LogP contribution in [0.3, 0.4) is 0 Å². The summed E-state index contributed by atoms with van der Waals surface area (Å²) >= 11 is 5.64. The van der Waals surface area contributed by atoms with Gasteiger partial charge < -0.3 is 9.73 Å². The van der Waals surface area contributed by atoms with Gasteiger partial charge in [0.05, 0.1) is 11.2 Å². The topological polar surface area (TPSA) is 38.1 Å². The quantitative estimate of drug-likeness (QED) is 0.822. The minimum Gasteiger partial charge on any atom is -0.441 e. The van der Waals surface area contributed by atoms with Crippen LogP contribution in [0, 0.1) is 5.82 Å². The number of oxazole rings is 1. The Balaban J connectivity index is 2.01. The van der Waals surface area contributed by atoms with Crippen LogP contribution in [0.25, 0.3) is 11.3 Å². The molecule has 0 aliphatic heterocycles. The maximum Gasteiger partial charge on any atom is 0.194 e. The van der Waals surface area contributed by atoms with Crippen molar-refractivity contribution in [1.82, 2.24) is 10.3 Å². The fourth-order valence-electron chi connectivity index (χ4n) is 1.75. The number of nitrogens with zero attached hydrogens (tertiary/aromatic N) is 1. The summed E-state index contributed by atoms with van der Waals surface area (Å²) in [6, 6.07) is 4.58. The molecular formula is C14H16ClFN2O. The van der Waals surface area contributed by atoms with Gasteiger partial charge in [-0.3, -0.25) is 0 Å². The third-order valence-electron chi connectivity index (χ3n) is 2.75. The maximum absolute atomic E-state index is 13.4. The van der Waals surface area contributed by atoms with Crippen LogP contribution >= 0.6 is 11.6 Å². The Morgan fingerprint density at radius 2 is 2.26 bits per heavy atom. The largest absolute Gasteiger partial charge is 0.441 e. The van der Waals surface area contributed by atoms with Crippen molar-refractivity contribution in [1.29, 1.82) is 0 Å². The summed E-state index contributed by atoms with van der Waals surface area (Å²) in [6.07, 6.45) is 3.34. The Kier molecular flexibility index (Phi) is 4.93. The fraction of sp³-hybridized carbons (Fsp3) is 0.357. The molecule has 2 rings (SSSR count). The molecule has 0 spiro atoms. The Morgan fingerprint density at radius 3 is 3.00 bits per heavy atom. The van der Waals surface area contributed by atoms with Gasteiger partial charge in [0.1, 0.15) is 5.82 Å². The molecule has 0 amide bonds. The highest BCUT2D eigenvalue weighted by Crippen LogP contribution is 2.25. The van der Waals surface area contributed by atoms with E-state index in [9.17, 15) is 4.39 Å². The zero-order chi connectivity index (χ0) is 13.7. The number of aromatic nitrogens is 1. The Morgan fingerprint density at radius 1 is 1.42 bits per heavy atom. The molecule has 0 fully saturated rings. The van der Waals surface area contributed by atoms with Gasteiger partial charge in [-0.1, -0.05) is 18.5 Å². The number of aryl methyl sites for hydroxylation is 1. The standard InChI is InChI=1S/C14H16ClFN2O/c1-2-17-7-3-4-14-18-9-13(19-14)10-5-6-11(15)12(16)8-10/h5-6,8-9,17H,2-4,7H2,1H3. The van der Waals surface area contributed by atoms with Crippen molar-refractivity contribution in [2.45, 2.75) is 19.8 Å². The van der Waals surface area contributed by atoms with Crippen LogP contribution in [0.2, 0.25) is 5.02 Å². The lowest BCUT2D eigenvalue weighted by molar-refractivity contribution is 0.492. The summed E-state index contributed by atoms with van der Waals surface area (Å²) < 4.78 is 19.0. The number of hydrogen-bond donors (Lipinski definition) is 1. The first-order chi connectivity index (χ1) is 9.20. The summed E-state index contributed by atoms with van der Waals surface area (Å²) in [5.41, 5.74) is 0.646. The maximum atomic E-state index is 13.4. The van der Waals surface area contributed by atoms with Crippen LogP contribution in [0.1, 0.15) is 19.2 Å². The molecule has 0 unspecified atom stereocenters. The lowest BCUT2D eigenvalue weighted by Crippen LogP contribution is -2.14. The van der Waals surface area contributed by atoms with Crippen LogP contribution in [0.5, 0.6) is 0 Å². The Labute approximate surface area is 116 Å². The Bertz CT molecular complexity index is 542. The molecule has 0 saturated carbocycles. The molecule has 3 nitrogen and oxygen atoms in total. The van der Waals surface area contributed by atoms with Gasteiger partial charge in [-0.05, 0) is 37.7 Å². The van der Waals surface area contributed by atoms with Gasteiger partial charge >= 0.3 is 0 Å². The van der Waals surface area contributed by atoms with Crippen LogP contribution in [0.4, 0.5) is 4.39 Å². The summed E-state index contributed by atoms with van der Waals surface area (Å²) in [4.78, 5) is 4.19. The molecule has 0 saturated heterocycles. The molecule has 1 heterocycles. The van der Waals surface area contributed by atoms with Gasteiger partial charge in [0.25, 0.3) is 0 Å². The molecule has 0 atom stereocenters. The smallest absolute Gasteiger partial charge is 0.194 e. The average Bonchev–Trinajstić information content (AvgIpc) is 2.87. The highest BCUT2D eigenvalue weighted by Gasteiger charge is 2.08. The molecule has 0 aliphatic rings. The molecule has 102 valence electrons. The van der Waals surface area contributed by atoms with E-state index in [2.05, 4.69) is 17.2 Å². The summed E-state index contributed by atoms with van der Waals surface area (Å²) in [6.45, 7) is 3.96. The summed E-state index contributed by atoms with van der Waals surface area (Å²) in [7, 11) is 0. The predicted molar refractivity (Wildman–Crippen MR) is 73.8 cm³/mol. The monoisotopic (exact) mass is 282 g/mol. The van der Waals surface area contributed by atoms with Crippen LogP contribution in [0.15, 0.2) is 28.8 Å². The molecule has 1 N–H and O–H groups in total. The second-order valence-electron chi connectivity index (χ2n) is 4.20. The molecular weight excluding hydrogens is 267 g/mol. The average molecular weight is 283 g/mol. The fourth-order valence-corrected chi connectivity index (χ4v) is 1.87. The second kappa shape index (κ2) is 6.68. The third-order valence-corrected chi connectivity index (χ3v) is 3.06. The minimum absolute atomic E-state index is 0.106. The van der Waals surface area contributed by atoms with E-state index in [1.165, 1.54) is 12.1 Å². The normalized spacial score (nSPS) is 10.9. The van der Waals surface area contributed by atoms with Gasteiger partial charge in [0.15, 0.2) is 11.7 Å². The molecule has 0 aliphatic carbocycles. The lowest BCUT2D eigenvalue weighted by Gasteiger charge is -1.99. The van der Waals surface area contributed by atoms with Crippen molar-refractivity contribution in [3.63, 3.8) is 0 Å². The number of hydrogen-bond acceptors (Lipinski definition) is 3. The molecule has 0 radical (unpaired) electrons. The molecule has 19 heavy (non-hydrogen) atoms. The first-order valence-corrected chi connectivity index (χ1v) is 6.69. The third kappa shape index (κ3) is 3.78. The van der Waals surface area contributed by atoms with Crippen molar-refractivity contribution < 1.29 is 8.81 Å². The molecule has 1 aromatic heterocycles. The van der Waals surface area contributed by atoms with Crippen molar-refractivity contribution in [3.8, 4) is 11.3 Å². The minimum atomic E-state index is -0.454. The molecule has 0 bridgehead atoms. The van der Waals surface area contributed by atoms with E-state index < -0.39 is 5.82 Å². The van der Waals surface area contributed by atoms with Crippen LogP contribution < -0.4 is 5.32 Å². The predicted octanol–water partition coefficient (Wildman–Crippen LogP) is 3.68. The lowest BCUT2D eigenvalue weighted by atomic mass is 10.2. The number of halogens is 2. The van der Waals surface area contributed by atoms with Gasteiger partial charge in [0.2, 0.25) is 0 Å². The van der Waals surface area contributed by atoms with Gasteiger partial charge in [-0.15, -0.1) is 0 Å². The molecule has 5 heteroatoms. The summed E-state index contributed by atoms with van der Waals surface area (Å²) in [5, 5.41) is 3.34. The number of rotatable bonds is 6. The van der Waals surface area contributed by atoms with Gasteiger partial charge in [-0.25, -0.2) is 9.37 Å². The van der Waals surface area contributed by atoms with Crippen LogP contribution in [-0.4, -0.2) is 18.1 Å². The molecule has 1 aromatic carbocycles. The van der Waals surface area contributed by atoms with E-state index in [4.69, 9.17) is 16.0 Å². The van der Waals surface area contributed by atoms with Gasteiger partial charge in [0, 0.05) is 12.0 Å².